The van der Waals surface area contributed by atoms with Crippen LogP contribution in [0.2, 0.25) is 0 Å². The van der Waals surface area contributed by atoms with E-state index in [-0.39, 0.29) is 24.3 Å². The summed E-state index contributed by atoms with van der Waals surface area (Å²) >= 11 is 0. The van der Waals surface area contributed by atoms with Crippen molar-refractivity contribution in [2.75, 3.05) is 20.3 Å². The molecule has 10 heteroatoms. The van der Waals surface area contributed by atoms with E-state index in [2.05, 4.69) is 26.0 Å². The number of alkyl halides is 3. The van der Waals surface area contributed by atoms with Gasteiger partial charge in [-0.05, 0) is 44.0 Å². The summed E-state index contributed by atoms with van der Waals surface area (Å²) in [6.07, 6.45) is -2.65. The first-order chi connectivity index (χ1) is 14.4. The molecule has 3 aromatic rings. The van der Waals surface area contributed by atoms with Crippen LogP contribution in [0.3, 0.4) is 0 Å². The minimum absolute atomic E-state index is 0.125. The first-order valence-corrected chi connectivity index (χ1v) is 9.73. The Kier molecular flexibility index (Phi) is 5.50. The van der Waals surface area contributed by atoms with Gasteiger partial charge in [-0.25, -0.2) is 4.98 Å². The van der Waals surface area contributed by atoms with Crippen LogP contribution in [-0.4, -0.2) is 44.7 Å². The molecule has 0 bridgehead atoms. The summed E-state index contributed by atoms with van der Waals surface area (Å²) in [4.78, 5) is 10.1. The van der Waals surface area contributed by atoms with Crippen molar-refractivity contribution in [1.82, 2.24) is 24.5 Å². The van der Waals surface area contributed by atoms with Crippen LogP contribution in [0, 0.1) is 0 Å². The Morgan fingerprint density at radius 2 is 2.03 bits per heavy atom. The van der Waals surface area contributed by atoms with Gasteiger partial charge >= 0.3 is 6.18 Å². The highest BCUT2D eigenvalue weighted by atomic mass is 19.4. The summed E-state index contributed by atoms with van der Waals surface area (Å²) in [7, 11) is 1.63. The molecule has 30 heavy (non-hydrogen) atoms. The van der Waals surface area contributed by atoms with E-state index in [0.717, 1.165) is 35.2 Å². The molecular weight excluding hydrogens is 399 g/mol. The lowest BCUT2D eigenvalue weighted by atomic mass is 10.0. The molecule has 160 valence electrons. The van der Waals surface area contributed by atoms with Gasteiger partial charge in [0.1, 0.15) is 5.75 Å². The molecule has 0 unspecified atom stereocenters. The Labute approximate surface area is 171 Å². The van der Waals surface area contributed by atoms with E-state index in [9.17, 15) is 13.2 Å². The molecule has 1 atom stereocenters. The quantitative estimate of drug-likeness (QED) is 0.602. The van der Waals surface area contributed by atoms with E-state index < -0.39 is 12.0 Å². The lowest BCUT2D eigenvalue weighted by Crippen LogP contribution is -2.23. The number of aromatic nitrogens is 4. The zero-order chi connectivity index (χ0) is 21.3. The van der Waals surface area contributed by atoms with Gasteiger partial charge in [0.15, 0.2) is 0 Å². The SMILES string of the molecule is CCOc1cc(CN2CCC[C@@H]2c2cccc(OC)c2)nc2nc(C(F)(F)F)nn12. The third-order valence-corrected chi connectivity index (χ3v) is 5.09. The van der Waals surface area contributed by atoms with Crippen molar-refractivity contribution in [3.63, 3.8) is 0 Å². The molecule has 0 aliphatic carbocycles. The van der Waals surface area contributed by atoms with Crippen molar-refractivity contribution in [2.45, 2.75) is 38.5 Å². The van der Waals surface area contributed by atoms with Gasteiger partial charge in [-0.15, -0.1) is 5.10 Å². The Bertz CT molecular complexity index is 1040. The predicted molar refractivity (Wildman–Crippen MR) is 102 cm³/mol. The number of likely N-dealkylation sites (tertiary alicyclic amines) is 1. The van der Waals surface area contributed by atoms with E-state index >= 15 is 0 Å². The standard InChI is InChI=1S/C20H22F3N5O2/c1-3-30-17-11-14(24-19-25-18(20(21,22)23)26-28(17)19)12-27-9-5-8-16(27)13-6-4-7-15(10-13)29-2/h4,6-7,10-11,16H,3,5,8-9,12H2,1-2H3/t16-/m1/s1. The van der Waals surface area contributed by atoms with Crippen molar-refractivity contribution in [3.05, 3.63) is 47.4 Å². The van der Waals surface area contributed by atoms with Crippen LogP contribution in [0.1, 0.15) is 42.9 Å². The molecule has 3 heterocycles. The molecule has 0 radical (unpaired) electrons. The Hall–Kier alpha value is -2.88. The summed E-state index contributed by atoms with van der Waals surface area (Å²) in [6, 6.07) is 9.73. The molecule has 4 rings (SSSR count). The van der Waals surface area contributed by atoms with Gasteiger partial charge < -0.3 is 9.47 Å². The largest absolute Gasteiger partial charge is 0.497 e. The van der Waals surface area contributed by atoms with Crippen LogP contribution in [0.25, 0.3) is 5.78 Å². The number of rotatable bonds is 6. The normalized spacial score (nSPS) is 17.6. The number of hydrogen-bond donors (Lipinski definition) is 0. The topological polar surface area (TPSA) is 64.8 Å². The average molecular weight is 421 g/mol. The Morgan fingerprint density at radius 3 is 2.77 bits per heavy atom. The van der Waals surface area contributed by atoms with E-state index in [1.807, 2.05) is 18.2 Å². The number of halogens is 3. The molecule has 0 amide bonds. The average Bonchev–Trinajstić information content (AvgIpc) is 3.35. The summed E-state index contributed by atoms with van der Waals surface area (Å²) in [5, 5.41) is 3.52. The molecule has 0 N–H and O–H groups in total. The van der Waals surface area contributed by atoms with Crippen LogP contribution in [0.4, 0.5) is 13.2 Å². The van der Waals surface area contributed by atoms with E-state index in [1.54, 1.807) is 20.1 Å². The lowest BCUT2D eigenvalue weighted by molar-refractivity contribution is -0.144. The lowest BCUT2D eigenvalue weighted by Gasteiger charge is -2.25. The van der Waals surface area contributed by atoms with Crippen LogP contribution in [0.5, 0.6) is 11.6 Å². The van der Waals surface area contributed by atoms with Crippen molar-refractivity contribution >= 4 is 5.78 Å². The van der Waals surface area contributed by atoms with Crippen molar-refractivity contribution < 1.29 is 22.6 Å². The fourth-order valence-electron chi connectivity index (χ4n) is 3.79. The van der Waals surface area contributed by atoms with Crippen molar-refractivity contribution in [1.29, 1.82) is 0 Å². The molecule has 2 aromatic heterocycles. The number of hydrogen-bond acceptors (Lipinski definition) is 6. The summed E-state index contributed by atoms with van der Waals surface area (Å²) in [5.74, 6) is -0.373. The molecule has 0 spiro atoms. The van der Waals surface area contributed by atoms with Gasteiger partial charge in [-0.3, -0.25) is 4.90 Å². The van der Waals surface area contributed by atoms with Crippen molar-refractivity contribution in [2.24, 2.45) is 0 Å². The second-order valence-corrected chi connectivity index (χ2v) is 7.07. The zero-order valence-electron chi connectivity index (χ0n) is 16.7. The number of nitrogens with zero attached hydrogens (tertiary/aromatic N) is 5. The van der Waals surface area contributed by atoms with Gasteiger partial charge in [0.25, 0.3) is 11.6 Å². The summed E-state index contributed by atoms with van der Waals surface area (Å²) in [6.45, 7) is 3.37. The van der Waals surface area contributed by atoms with Crippen LogP contribution < -0.4 is 9.47 Å². The number of fused-ring (bicyclic) bond motifs is 1. The Morgan fingerprint density at radius 1 is 1.20 bits per heavy atom. The third-order valence-electron chi connectivity index (χ3n) is 5.09. The molecule has 1 aliphatic rings. The maximum absolute atomic E-state index is 13.0. The second-order valence-electron chi connectivity index (χ2n) is 7.07. The van der Waals surface area contributed by atoms with E-state index in [1.165, 1.54) is 0 Å². The maximum atomic E-state index is 13.0. The first kappa shape index (κ1) is 20.4. The van der Waals surface area contributed by atoms with Gasteiger partial charge in [-0.1, -0.05) is 12.1 Å². The van der Waals surface area contributed by atoms with E-state index in [0.29, 0.717) is 12.2 Å². The highest BCUT2D eigenvalue weighted by Crippen LogP contribution is 2.35. The smallest absolute Gasteiger partial charge is 0.453 e. The van der Waals surface area contributed by atoms with Gasteiger partial charge in [-0.2, -0.15) is 22.7 Å². The van der Waals surface area contributed by atoms with Crippen LogP contribution in [-0.2, 0) is 12.7 Å². The van der Waals surface area contributed by atoms with Crippen LogP contribution in [0.15, 0.2) is 30.3 Å². The number of methoxy groups -OCH3 is 1. The predicted octanol–water partition coefficient (Wildman–Crippen LogP) is 3.89. The number of ether oxygens (including phenoxy) is 2. The highest BCUT2D eigenvalue weighted by molar-refractivity contribution is 5.35. The minimum Gasteiger partial charge on any atom is -0.497 e. The molecule has 0 saturated carbocycles. The summed E-state index contributed by atoms with van der Waals surface area (Å²) < 4.78 is 51.0. The Balaban J connectivity index is 1.65. The monoisotopic (exact) mass is 421 g/mol. The van der Waals surface area contributed by atoms with Crippen LogP contribution >= 0.6 is 0 Å². The van der Waals surface area contributed by atoms with Crippen molar-refractivity contribution in [3.8, 4) is 11.6 Å². The third kappa shape index (κ3) is 4.04. The fraction of sp³-hybridized carbons (Fsp3) is 0.450. The molecule has 1 fully saturated rings. The van der Waals surface area contributed by atoms with Gasteiger partial charge in [0, 0.05) is 18.7 Å². The van der Waals surface area contributed by atoms with E-state index in [4.69, 9.17) is 9.47 Å². The summed E-state index contributed by atoms with van der Waals surface area (Å²) in [5.41, 5.74) is 1.72. The second kappa shape index (κ2) is 8.10. The molecule has 1 aliphatic heterocycles. The van der Waals surface area contributed by atoms with Gasteiger partial charge in [0.05, 0.1) is 19.4 Å². The zero-order valence-corrected chi connectivity index (χ0v) is 16.7. The number of benzene rings is 1. The maximum Gasteiger partial charge on any atom is 0.453 e. The fourth-order valence-corrected chi connectivity index (χ4v) is 3.79. The molecule has 1 saturated heterocycles. The molecule has 1 aromatic carbocycles. The van der Waals surface area contributed by atoms with Gasteiger partial charge in [0.2, 0.25) is 5.88 Å². The first-order valence-electron chi connectivity index (χ1n) is 9.73. The molecule has 7 nitrogen and oxygen atoms in total. The highest BCUT2D eigenvalue weighted by Gasteiger charge is 2.37. The minimum atomic E-state index is -4.65. The molecular formula is C20H22F3N5O2.